The summed E-state index contributed by atoms with van der Waals surface area (Å²) in [6.45, 7) is 7.44. The van der Waals surface area contributed by atoms with E-state index in [1.807, 2.05) is 0 Å². The van der Waals surface area contributed by atoms with Crippen LogP contribution < -0.4 is 5.32 Å². The van der Waals surface area contributed by atoms with Crippen LogP contribution in [-0.4, -0.2) is 18.4 Å². The molecule has 1 saturated heterocycles. The van der Waals surface area contributed by atoms with Crippen molar-refractivity contribution in [1.82, 2.24) is 5.32 Å². The third-order valence-electron chi connectivity index (χ3n) is 2.28. The molecule has 2 heteroatoms. The topological polar surface area (TPSA) is 21.3 Å². The van der Waals surface area contributed by atoms with Crippen molar-refractivity contribution in [3.8, 4) is 0 Å². The van der Waals surface area contributed by atoms with Crippen molar-refractivity contribution in [1.29, 1.82) is 0 Å². The summed E-state index contributed by atoms with van der Waals surface area (Å²) in [6, 6.07) is 0. The molecule has 0 aromatic heterocycles. The summed E-state index contributed by atoms with van der Waals surface area (Å²) in [4.78, 5) is 0. The van der Waals surface area contributed by atoms with Crippen molar-refractivity contribution in [3.05, 3.63) is 0 Å². The molecule has 1 atom stereocenters. The molecule has 0 radical (unpaired) electrons. The van der Waals surface area contributed by atoms with Crippen molar-refractivity contribution in [2.45, 2.75) is 45.4 Å². The predicted molar refractivity (Wildman–Crippen MR) is 41.9 cm³/mol. The highest BCUT2D eigenvalue weighted by molar-refractivity contribution is 4.83. The summed E-state index contributed by atoms with van der Waals surface area (Å²) in [7, 11) is 0. The van der Waals surface area contributed by atoms with Crippen LogP contribution in [0.2, 0.25) is 0 Å². The van der Waals surface area contributed by atoms with Crippen LogP contribution >= 0.6 is 0 Å². The molecule has 10 heavy (non-hydrogen) atoms. The minimum absolute atomic E-state index is 0.000579. The molecule has 60 valence electrons. The molecular formula is C8H17NO. The summed E-state index contributed by atoms with van der Waals surface area (Å²) in [5.74, 6) is 0. The highest BCUT2D eigenvalue weighted by atomic mass is 16.5. The molecule has 2 nitrogen and oxygen atoms in total. The Kier molecular flexibility index (Phi) is 2.32. The number of rotatable bonds is 2. The van der Waals surface area contributed by atoms with Gasteiger partial charge in [-0.1, -0.05) is 13.8 Å². The molecule has 0 bridgehead atoms. The lowest BCUT2D eigenvalue weighted by atomic mass is 10.1. The summed E-state index contributed by atoms with van der Waals surface area (Å²) in [5.41, 5.74) is -0.000579. The average molecular weight is 143 g/mol. The van der Waals surface area contributed by atoms with Gasteiger partial charge in [-0.25, -0.2) is 0 Å². The van der Waals surface area contributed by atoms with Gasteiger partial charge in [-0.05, 0) is 19.8 Å². The first kappa shape index (κ1) is 8.02. The zero-order valence-electron chi connectivity index (χ0n) is 7.11. The van der Waals surface area contributed by atoms with Crippen LogP contribution in [0.15, 0.2) is 0 Å². The van der Waals surface area contributed by atoms with Gasteiger partial charge in [-0.3, -0.25) is 5.32 Å². The molecule has 1 aliphatic rings. The molecule has 0 aromatic rings. The summed E-state index contributed by atoms with van der Waals surface area (Å²) >= 11 is 0. The molecule has 0 aromatic carbocycles. The normalized spacial score (nSPS) is 30.9. The SMILES string of the molecule is CCC1(CC)NCC(C)O1. The summed E-state index contributed by atoms with van der Waals surface area (Å²) < 4.78 is 5.74. The molecule has 1 heterocycles. The van der Waals surface area contributed by atoms with Gasteiger partial charge >= 0.3 is 0 Å². The molecule has 1 fully saturated rings. The lowest BCUT2D eigenvalue weighted by Crippen LogP contribution is -2.39. The van der Waals surface area contributed by atoms with Gasteiger partial charge in [0.1, 0.15) is 5.72 Å². The predicted octanol–water partition coefficient (Wildman–Crippen LogP) is 1.51. The van der Waals surface area contributed by atoms with E-state index in [1.54, 1.807) is 0 Å². The third kappa shape index (κ3) is 1.32. The summed E-state index contributed by atoms with van der Waals surface area (Å²) in [5, 5.41) is 3.40. The molecule has 0 aliphatic carbocycles. The number of hydrogen-bond donors (Lipinski definition) is 1. The lowest BCUT2D eigenvalue weighted by Gasteiger charge is -2.25. The van der Waals surface area contributed by atoms with E-state index in [9.17, 15) is 0 Å². The first-order valence-corrected chi connectivity index (χ1v) is 4.15. The number of hydrogen-bond acceptors (Lipinski definition) is 2. The van der Waals surface area contributed by atoms with Crippen LogP contribution in [0.25, 0.3) is 0 Å². The molecule has 0 spiro atoms. The van der Waals surface area contributed by atoms with E-state index in [0.29, 0.717) is 6.10 Å². The number of nitrogens with one attached hydrogen (secondary N) is 1. The van der Waals surface area contributed by atoms with Gasteiger partial charge in [-0.2, -0.15) is 0 Å². The molecule has 1 aliphatic heterocycles. The zero-order valence-corrected chi connectivity index (χ0v) is 7.11. The van der Waals surface area contributed by atoms with E-state index < -0.39 is 0 Å². The molecule has 1 unspecified atom stereocenters. The van der Waals surface area contributed by atoms with E-state index >= 15 is 0 Å². The maximum atomic E-state index is 5.74. The Balaban J connectivity index is 2.51. The van der Waals surface area contributed by atoms with Crippen LogP contribution in [0, 0.1) is 0 Å². The highest BCUT2D eigenvalue weighted by Gasteiger charge is 2.34. The smallest absolute Gasteiger partial charge is 0.119 e. The second kappa shape index (κ2) is 2.89. The Hall–Kier alpha value is -0.0800. The maximum Gasteiger partial charge on any atom is 0.119 e. The first-order chi connectivity index (χ1) is 4.72. The van der Waals surface area contributed by atoms with E-state index in [4.69, 9.17) is 4.74 Å². The van der Waals surface area contributed by atoms with Gasteiger partial charge in [0.2, 0.25) is 0 Å². The Morgan fingerprint density at radius 2 is 2.10 bits per heavy atom. The molecule has 0 amide bonds. The first-order valence-electron chi connectivity index (χ1n) is 4.15. The van der Waals surface area contributed by atoms with Crippen LogP contribution in [-0.2, 0) is 4.74 Å². The van der Waals surface area contributed by atoms with Crippen molar-refractivity contribution < 1.29 is 4.74 Å². The quantitative estimate of drug-likeness (QED) is 0.632. The van der Waals surface area contributed by atoms with E-state index in [1.165, 1.54) is 0 Å². The summed E-state index contributed by atoms with van der Waals surface area (Å²) in [6.07, 6.45) is 2.52. The Morgan fingerprint density at radius 3 is 2.30 bits per heavy atom. The average Bonchev–Trinajstić information content (AvgIpc) is 2.33. The minimum atomic E-state index is -0.000579. The van der Waals surface area contributed by atoms with Gasteiger partial charge < -0.3 is 4.74 Å². The van der Waals surface area contributed by atoms with Crippen LogP contribution in [0.1, 0.15) is 33.6 Å². The van der Waals surface area contributed by atoms with Crippen molar-refractivity contribution in [3.63, 3.8) is 0 Å². The molecule has 1 rings (SSSR count). The van der Waals surface area contributed by atoms with Crippen molar-refractivity contribution >= 4 is 0 Å². The fourth-order valence-electron chi connectivity index (χ4n) is 1.46. The minimum Gasteiger partial charge on any atom is -0.356 e. The fraction of sp³-hybridized carbons (Fsp3) is 1.00. The molecule has 0 saturated carbocycles. The largest absolute Gasteiger partial charge is 0.356 e. The van der Waals surface area contributed by atoms with Gasteiger partial charge in [0.25, 0.3) is 0 Å². The second-order valence-electron chi connectivity index (χ2n) is 3.01. The maximum absolute atomic E-state index is 5.74. The fourth-order valence-corrected chi connectivity index (χ4v) is 1.46. The van der Waals surface area contributed by atoms with E-state index in [-0.39, 0.29) is 5.72 Å². The highest BCUT2D eigenvalue weighted by Crippen LogP contribution is 2.23. The molecule has 1 N–H and O–H groups in total. The van der Waals surface area contributed by atoms with Gasteiger partial charge in [0, 0.05) is 6.54 Å². The van der Waals surface area contributed by atoms with Gasteiger partial charge in [0.05, 0.1) is 6.10 Å². The monoisotopic (exact) mass is 143 g/mol. The van der Waals surface area contributed by atoms with E-state index in [2.05, 4.69) is 26.1 Å². The van der Waals surface area contributed by atoms with Gasteiger partial charge in [0.15, 0.2) is 0 Å². The second-order valence-corrected chi connectivity index (χ2v) is 3.01. The molecular weight excluding hydrogens is 126 g/mol. The Bertz CT molecular complexity index is 110. The Morgan fingerprint density at radius 1 is 1.50 bits per heavy atom. The standard InChI is InChI=1S/C8H17NO/c1-4-8(5-2)9-6-7(3)10-8/h7,9H,4-6H2,1-3H3. The third-order valence-corrected chi connectivity index (χ3v) is 2.28. The van der Waals surface area contributed by atoms with Crippen LogP contribution in [0.5, 0.6) is 0 Å². The van der Waals surface area contributed by atoms with Crippen molar-refractivity contribution in [2.24, 2.45) is 0 Å². The zero-order chi connectivity index (χ0) is 7.61. The van der Waals surface area contributed by atoms with Crippen LogP contribution in [0.4, 0.5) is 0 Å². The van der Waals surface area contributed by atoms with Gasteiger partial charge in [-0.15, -0.1) is 0 Å². The van der Waals surface area contributed by atoms with Crippen LogP contribution in [0.3, 0.4) is 0 Å². The van der Waals surface area contributed by atoms with Crippen molar-refractivity contribution in [2.75, 3.05) is 6.54 Å². The lowest BCUT2D eigenvalue weighted by molar-refractivity contribution is -0.0489. The Labute approximate surface area is 63.0 Å². The van der Waals surface area contributed by atoms with E-state index in [0.717, 1.165) is 19.4 Å². The number of ether oxygens (including phenoxy) is 1.